The van der Waals surface area contributed by atoms with Crippen LogP contribution in [0.3, 0.4) is 0 Å². The standard InChI is InChI=1S/C34H28N9O11S3.2C2H4.4Na.O3S/c44-43(45)34-40-30(17-21-4-2-1-3-5-21)39-31(41-34)18-22-6-7-23(28(16-22)56(49,50)51)8-9-24-10-11-26(19-29(24)57(52,53)54)38-33-36-20-35-32(42-33)37-25-12-14-27(15-13-25)55(46,47)48;2*1-2;;;;;1-4(2)3/h2-16,19-20,44-45H,17-18H2,(H,46,47,48)(H,49,50,51)(H,52,53,54)(H2,35,36,37,38,42);2*1-2H2;;;;;/q-1;;;4*+1;/p-3/b9-8+;;;;;;;. The number of rotatable bonds is 14. The van der Waals surface area contributed by atoms with Gasteiger partial charge in [0.15, 0.2) is 0 Å². The van der Waals surface area contributed by atoms with Crippen LogP contribution in [0.1, 0.15) is 33.9 Å². The van der Waals surface area contributed by atoms with Gasteiger partial charge in [-0.25, -0.2) is 40.2 Å². The molecule has 2 aromatic heterocycles. The summed E-state index contributed by atoms with van der Waals surface area (Å²) in [5, 5.41) is 24.4. The number of hydrogen-bond acceptors (Lipinski definition) is 23. The van der Waals surface area contributed by atoms with E-state index in [1.54, 1.807) is 24.3 Å². The maximum absolute atomic E-state index is 12.4. The third-order valence-electron chi connectivity index (χ3n) is 7.71. The molecule has 6 rings (SSSR count). The Hall–Kier alpha value is -3.21. The molecule has 31 heteroatoms. The van der Waals surface area contributed by atoms with Crippen LogP contribution in [0.2, 0.25) is 0 Å². The largest absolute Gasteiger partial charge is 1.00 e. The first kappa shape index (κ1) is 67.9. The Morgan fingerprint density at radius 2 is 1.03 bits per heavy atom. The summed E-state index contributed by atoms with van der Waals surface area (Å²) in [6.45, 7) is 12.0. The molecule has 0 bridgehead atoms. The molecule has 69 heavy (non-hydrogen) atoms. The van der Waals surface area contributed by atoms with E-state index >= 15 is 0 Å². The topological polar surface area (TPSA) is 368 Å². The van der Waals surface area contributed by atoms with Crippen molar-refractivity contribution in [2.24, 2.45) is 0 Å². The maximum atomic E-state index is 12.4. The third kappa shape index (κ3) is 22.8. The van der Waals surface area contributed by atoms with Gasteiger partial charge < -0.3 is 24.3 Å². The van der Waals surface area contributed by atoms with Crippen LogP contribution in [0.4, 0.5) is 29.2 Å². The van der Waals surface area contributed by atoms with E-state index in [-0.39, 0.29) is 182 Å². The number of nitrogens with zero attached hydrogens (tertiary/aromatic N) is 7. The summed E-state index contributed by atoms with van der Waals surface area (Å²) in [6.07, 6.45) is 3.39. The second kappa shape index (κ2) is 32.0. The Morgan fingerprint density at radius 1 is 0.594 bits per heavy atom. The molecule has 0 saturated carbocycles. The Morgan fingerprint density at radius 3 is 1.49 bits per heavy atom. The molecule has 23 nitrogen and oxygen atoms in total. The van der Waals surface area contributed by atoms with Crippen LogP contribution in [0.25, 0.3) is 12.2 Å². The predicted octanol–water partition coefficient (Wildman–Crippen LogP) is -8.39. The van der Waals surface area contributed by atoms with E-state index in [1.807, 2.05) is 0 Å². The summed E-state index contributed by atoms with van der Waals surface area (Å²) in [7, 11) is -18.0. The molecule has 0 amide bonds. The van der Waals surface area contributed by atoms with E-state index in [0.29, 0.717) is 5.69 Å². The van der Waals surface area contributed by atoms with Crippen LogP contribution in [0.15, 0.2) is 132 Å². The normalized spacial score (nSPS) is 10.4. The van der Waals surface area contributed by atoms with Crippen molar-refractivity contribution in [3.8, 4) is 0 Å². The molecule has 0 aliphatic carbocycles. The monoisotopic (exact) mass is 1060 g/mol. The van der Waals surface area contributed by atoms with Gasteiger partial charge in [0.25, 0.3) is 5.95 Å². The molecular formula is C38H33N9Na4O14S4. The Balaban J connectivity index is 0. The van der Waals surface area contributed by atoms with Crippen LogP contribution >= 0.6 is 0 Å². The summed E-state index contributed by atoms with van der Waals surface area (Å²) in [5.74, 6) is -0.454. The summed E-state index contributed by atoms with van der Waals surface area (Å²) in [6, 6.07) is 21.9. The molecule has 0 unspecified atom stereocenters. The second-order valence-electron chi connectivity index (χ2n) is 12.0. The van der Waals surface area contributed by atoms with Crippen molar-refractivity contribution in [3.63, 3.8) is 0 Å². The van der Waals surface area contributed by atoms with Crippen LogP contribution in [0.5, 0.6) is 0 Å². The number of aromatic nitrogens is 6. The van der Waals surface area contributed by atoms with E-state index in [4.69, 9.17) is 12.6 Å². The number of nitrogens with one attached hydrogen (secondary N) is 2. The van der Waals surface area contributed by atoms with Crippen LogP contribution in [-0.2, 0) is 53.8 Å². The molecule has 0 saturated heterocycles. The summed E-state index contributed by atoms with van der Waals surface area (Å²) >= 11 is 0. The van der Waals surface area contributed by atoms with E-state index < -0.39 is 61.6 Å². The van der Waals surface area contributed by atoms with Crippen LogP contribution in [-0.4, -0.2) is 91.9 Å². The molecule has 0 aliphatic rings. The molecule has 342 valence electrons. The minimum atomic E-state index is -5.14. The Kier molecular flexibility index (Phi) is 31.5. The zero-order valence-electron chi connectivity index (χ0n) is 37.1. The van der Waals surface area contributed by atoms with Gasteiger partial charge in [0, 0.05) is 24.2 Å². The van der Waals surface area contributed by atoms with Gasteiger partial charge >= 0.3 is 129 Å². The molecule has 0 aliphatic heterocycles. The minimum absolute atomic E-state index is 0. The molecular weight excluding hydrogens is 1030 g/mol. The van der Waals surface area contributed by atoms with Crippen molar-refractivity contribution in [1.82, 2.24) is 29.9 Å². The fourth-order valence-corrected chi connectivity index (χ4v) is 7.06. The number of anilines is 5. The van der Waals surface area contributed by atoms with Crippen molar-refractivity contribution < 1.29 is 180 Å². The van der Waals surface area contributed by atoms with Crippen LogP contribution in [0, 0.1) is 6.07 Å². The average Bonchev–Trinajstić information content (AvgIpc) is 3.24. The van der Waals surface area contributed by atoms with Crippen molar-refractivity contribution in [3.05, 3.63) is 158 Å². The molecule has 4 aromatic carbocycles. The van der Waals surface area contributed by atoms with Gasteiger partial charge in [-0.3, -0.25) is 10.4 Å². The van der Waals surface area contributed by atoms with Crippen LogP contribution < -0.4 is 134 Å². The predicted molar refractivity (Wildman–Crippen MR) is 228 cm³/mol. The zero-order valence-corrected chi connectivity index (χ0v) is 48.4. The summed E-state index contributed by atoms with van der Waals surface area (Å²) in [4.78, 5) is 22.5. The molecule has 0 radical (unpaired) electrons. The van der Waals surface area contributed by atoms with Gasteiger partial charge in [0.1, 0.15) is 48.3 Å². The molecule has 6 aromatic rings. The van der Waals surface area contributed by atoms with E-state index in [0.717, 1.165) is 48.3 Å². The fourth-order valence-electron chi connectivity index (χ4n) is 5.18. The smallest absolute Gasteiger partial charge is 0.744 e. The van der Waals surface area contributed by atoms with Gasteiger partial charge in [-0.2, -0.15) is 50.8 Å². The minimum Gasteiger partial charge on any atom is -0.744 e. The molecule has 0 fully saturated rings. The first-order valence-corrected chi connectivity index (χ1v) is 22.7. The van der Waals surface area contributed by atoms with Gasteiger partial charge in [-0.1, -0.05) is 35.6 Å². The summed E-state index contributed by atoms with van der Waals surface area (Å²) < 4.78 is 133. The first-order valence-electron chi connectivity index (χ1n) is 17.4. The molecule has 0 atom stereocenters. The molecule has 2 heterocycles. The fraction of sp³-hybridized carbons (Fsp3) is 0.0526. The first-order chi connectivity index (χ1) is 30.6. The maximum Gasteiger partial charge on any atom is 1.00 e. The molecule has 0 spiro atoms. The average molecular weight is 1060 g/mol. The number of hydrogen-bond donors (Lipinski definition) is 4. The Bertz CT molecular complexity index is 3110. The van der Waals surface area contributed by atoms with Gasteiger partial charge in [0.05, 0.1) is 14.7 Å². The van der Waals surface area contributed by atoms with E-state index in [9.17, 15) is 49.3 Å². The van der Waals surface area contributed by atoms with Crippen molar-refractivity contribution >= 4 is 82.3 Å². The SMILES string of the molecule is C=C.C=C.O=S(=O)([O-])c1ccc(Nc2ncnc(Nc3ccc(/C=C/c4ccc(Cc5nc(Cc6cc[c-]cc6)nc(N(O)O)n5)cc4S(=O)(=O)[O-])c(S(=O)(=O)[O-])c3)n2)cc1.O=S(=O)=O.[Na+].[Na+].[Na+].[Na+]. The second-order valence-corrected chi connectivity index (χ2v) is 16.4. The Labute approximate surface area is 487 Å². The quantitative estimate of drug-likeness (QED) is 0.0197. The van der Waals surface area contributed by atoms with E-state index in [1.165, 1.54) is 36.4 Å². The van der Waals surface area contributed by atoms with E-state index in [2.05, 4.69) is 72.9 Å². The number of benzene rings is 4. The van der Waals surface area contributed by atoms with Crippen molar-refractivity contribution in [1.29, 1.82) is 0 Å². The zero-order chi connectivity index (χ0) is 48.5. The third-order valence-corrected chi connectivity index (χ3v) is 10.3. The van der Waals surface area contributed by atoms with Gasteiger partial charge in [-0.15, -0.1) is 38.9 Å². The van der Waals surface area contributed by atoms with Crippen molar-refractivity contribution in [2.75, 3.05) is 15.9 Å². The van der Waals surface area contributed by atoms with Gasteiger partial charge in [-0.05, 0) is 59.2 Å². The summed E-state index contributed by atoms with van der Waals surface area (Å²) in [5.41, 5.74) is 1.09. The van der Waals surface area contributed by atoms with Crippen molar-refractivity contribution in [2.45, 2.75) is 27.5 Å². The molecule has 4 N–H and O–H groups in total. The van der Waals surface area contributed by atoms with Gasteiger partial charge in [0.2, 0.25) is 11.9 Å².